The number of thioether (sulfide) groups is 1. The molecule has 0 aromatic carbocycles. The van der Waals surface area contributed by atoms with Gasteiger partial charge in [-0.2, -0.15) is 11.8 Å². The Morgan fingerprint density at radius 3 is 1.57 bits per heavy atom. The second-order valence-electron chi connectivity index (χ2n) is 10.9. The van der Waals surface area contributed by atoms with Gasteiger partial charge in [0.2, 0.25) is 0 Å². The quantitative estimate of drug-likeness (QED) is 0.0825. The number of methoxy groups -OCH3 is 1. The van der Waals surface area contributed by atoms with Crippen LogP contribution in [0.3, 0.4) is 0 Å². The Bertz CT molecular complexity index is 410. The molecule has 0 amide bonds. The van der Waals surface area contributed by atoms with Crippen molar-refractivity contribution in [3.05, 3.63) is 0 Å². The van der Waals surface area contributed by atoms with E-state index in [9.17, 15) is 0 Å². The van der Waals surface area contributed by atoms with E-state index >= 15 is 0 Å². The number of hydrogen-bond donors (Lipinski definition) is 0. The topological polar surface area (TPSA) is 27.7 Å². The van der Waals surface area contributed by atoms with Gasteiger partial charge in [-0.15, -0.1) is 0 Å². The van der Waals surface area contributed by atoms with Crippen molar-refractivity contribution in [3.63, 3.8) is 0 Å². The molecule has 0 aromatic heterocycles. The maximum Gasteiger partial charge on any atom is 0.189 e. The number of hydrogen-bond acceptors (Lipinski definition) is 4. The Morgan fingerprint density at radius 1 is 0.686 bits per heavy atom. The first-order valence-corrected chi connectivity index (χ1v) is 15.7. The number of quaternary nitrogens is 1. The van der Waals surface area contributed by atoms with Crippen LogP contribution < -0.4 is 12.4 Å². The van der Waals surface area contributed by atoms with Crippen LogP contribution >= 0.6 is 11.8 Å². The van der Waals surface area contributed by atoms with Crippen molar-refractivity contribution >= 4 is 11.8 Å². The molecule has 4 nitrogen and oxygen atoms in total. The SMILES string of the molecule is CCCCCCCCCCCCCCCCCCOCC(CSCCOC(C)[N+](C)(C)C)OC.[Cl-]. The fourth-order valence-electron chi connectivity index (χ4n) is 3.87. The summed E-state index contributed by atoms with van der Waals surface area (Å²) in [5.41, 5.74) is 0. The number of halogens is 1. The van der Waals surface area contributed by atoms with Crippen molar-refractivity contribution in [2.24, 2.45) is 0 Å². The smallest absolute Gasteiger partial charge is 0.189 e. The van der Waals surface area contributed by atoms with Gasteiger partial charge in [0.1, 0.15) is 0 Å². The summed E-state index contributed by atoms with van der Waals surface area (Å²) in [6, 6.07) is 0. The summed E-state index contributed by atoms with van der Waals surface area (Å²) in [7, 11) is 8.28. The minimum atomic E-state index is 0. The fraction of sp³-hybridized carbons (Fsp3) is 1.00. The molecule has 0 heterocycles. The first kappa shape index (κ1) is 37.6. The van der Waals surface area contributed by atoms with Crippen LogP contribution in [-0.4, -0.2) is 76.4 Å². The first-order valence-electron chi connectivity index (χ1n) is 14.5. The fourth-order valence-corrected chi connectivity index (χ4v) is 4.74. The van der Waals surface area contributed by atoms with Crippen LogP contribution in [0, 0.1) is 0 Å². The molecule has 0 fully saturated rings. The monoisotopic (exact) mass is 539 g/mol. The van der Waals surface area contributed by atoms with Gasteiger partial charge in [-0.3, -0.25) is 0 Å². The summed E-state index contributed by atoms with van der Waals surface area (Å²) in [5, 5.41) is 0. The summed E-state index contributed by atoms with van der Waals surface area (Å²) in [5.74, 6) is 1.97. The van der Waals surface area contributed by atoms with E-state index in [0.717, 1.165) is 29.2 Å². The minimum absolute atomic E-state index is 0. The zero-order valence-corrected chi connectivity index (χ0v) is 26.0. The van der Waals surface area contributed by atoms with Crippen LogP contribution in [0.2, 0.25) is 0 Å². The molecule has 0 N–H and O–H groups in total. The maximum absolute atomic E-state index is 5.90. The molecule has 0 bridgehead atoms. The molecular weight excluding hydrogens is 478 g/mol. The third-order valence-electron chi connectivity index (χ3n) is 6.76. The van der Waals surface area contributed by atoms with Crippen molar-refractivity contribution in [2.45, 2.75) is 129 Å². The Hall–Kier alpha value is 0.480. The molecule has 0 radical (unpaired) electrons. The molecule has 2 atom stereocenters. The van der Waals surface area contributed by atoms with Crippen LogP contribution in [0.4, 0.5) is 0 Å². The zero-order chi connectivity index (χ0) is 25.3. The number of ether oxygens (including phenoxy) is 3. The molecule has 0 aliphatic rings. The Labute approximate surface area is 231 Å². The Morgan fingerprint density at radius 2 is 1.14 bits per heavy atom. The molecule has 0 aromatic rings. The lowest BCUT2D eigenvalue weighted by molar-refractivity contribution is -0.917. The molecule has 6 heteroatoms. The lowest BCUT2D eigenvalue weighted by atomic mass is 10.0. The third kappa shape index (κ3) is 27.3. The van der Waals surface area contributed by atoms with E-state index < -0.39 is 0 Å². The molecule has 0 rings (SSSR count). The molecule has 0 spiro atoms. The van der Waals surface area contributed by atoms with Crippen LogP contribution in [0.5, 0.6) is 0 Å². The highest BCUT2D eigenvalue weighted by Crippen LogP contribution is 2.14. The molecule has 0 aliphatic carbocycles. The first-order chi connectivity index (χ1) is 16.4. The molecule has 0 saturated heterocycles. The van der Waals surface area contributed by atoms with Gasteiger partial charge in [-0.1, -0.05) is 103 Å². The van der Waals surface area contributed by atoms with Crippen LogP contribution in [0.15, 0.2) is 0 Å². The van der Waals surface area contributed by atoms with Crippen molar-refractivity contribution < 1.29 is 31.1 Å². The molecule has 214 valence electrons. The zero-order valence-electron chi connectivity index (χ0n) is 24.5. The second-order valence-corrected chi connectivity index (χ2v) is 12.0. The summed E-state index contributed by atoms with van der Waals surface area (Å²) in [4.78, 5) is 0. The maximum atomic E-state index is 5.90. The summed E-state index contributed by atoms with van der Waals surface area (Å²) in [6.45, 7) is 6.79. The molecule has 0 aliphatic heterocycles. The van der Waals surface area contributed by atoms with Crippen LogP contribution in [0.25, 0.3) is 0 Å². The van der Waals surface area contributed by atoms with E-state index in [1.54, 1.807) is 7.11 Å². The largest absolute Gasteiger partial charge is 1.00 e. The number of rotatable bonds is 27. The highest BCUT2D eigenvalue weighted by Gasteiger charge is 2.18. The van der Waals surface area contributed by atoms with Gasteiger partial charge < -0.3 is 31.1 Å². The van der Waals surface area contributed by atoms with E-state index in [4.69, 9.17) is 14.2 Å². The Balaban J connectivity index is 0. The van der Waals surface area contributed by atoms with Gasteiger partial charge in [0, 0.05) is 32.1 Å². The summed E-state index contributed by atoms with van der Waals surface area (Å²) >= 11 is 1.89. The predicted molar refractivity (Wildman–Crippen MR) is 152 cm³/mol. The molecule has 0 saturated carbocycles. The lowest BCUT2D eigenvalue weighted by Gasteiger charge is -2.31. The summed E-state index contributed by atoms with van der Waals surface area (Å²) < 4.78 is 18.2. The minimum Gasteiger partial charge on any atom is -1.00 e. The van der Waals surface area contributed by atoms with Gasteiger partial charge in [-0.25, -0.2) is 0 Å². The van der Waals surface area contributed by atoms with Crippen LogP contribution in [-0.2, 0) is 14.2 Å². The van der Waals surface area contributed by atoms with E-state index in [1.165, 1.54) is 103 Å². The van der Waals surface area contributed by atoms with Crippen LogP contribution in [0.1, 0.15) is 117 Å². The second kappa shape index (κ2) is 27.5. The van der Waals surface area contributed by atoms with Gasteiger partial charge in [-0.05, 0) is 6.42 Å². The average Bonchev–Trinajstić information content (AvgIpc) is 2.80. The van der Waals surface area contributed by atoms with Gasteiger partial charge in [0.25, 0.3) is 0 Å². The van der Waals surface area contributed by atoms with Crippen molar-refractivity contribution in [2.75, 3.05) is 59.6 Å². The van der Waals surface area contributed by atoms with Crippen molar-refractivity contribution in [3.8, 4) is 0 Å². The lowest BCUT2D eigenvalue weighted by Crippen LogP contribution is -3.00. The van der Waals surface area contributed by atoms with Gasteiger partial charge >= 0.3 is 0 Å². The Kier molecular flexibility index (Phi) is 29.6. The van der Waals surface area contributed by atoms with E-state index in [2.05, 4.69) is 35.0 Å². The van der Waals surface area contributed by atoms with Crippen molar-refractivity contribution in [1.82, 2.24) is 0 Å². The highest BCUT2D eigenvalue weighted by molar-refractivity contribution is 7.99. The van der Waals surface area contributed by atoms with E-state index in [0.29, 0.717) is 6.61 Å². The molecule has 35 heavy (non-hydrogen) atoms. The highest BCUT2D eigenvalue weighted by atomic mass is 35.5. The predicted octanol–water partition coefficient (Wildman–Crippen LogP) is 5.09. The van der Waals surface area contributed by atoms with Crippen molar-refractivity contribution in [1.29, 1.82) is 0 Å². The standard InChI is InChI=1S/C29H62NO3S.ClH/c1-7-8-9-10-11-12-13-14-15-16-17-18-19-20-21-22-23-32-26-29(31-6)27-34-25-24-33-28(2)30(3,4)5;/h28-29H,7-27H2,1-6H3;1H/q+1;/p-1. The van der Waals surface area contributed by atoms with E-state index in [-0.39, 0.29) is 24.7 Å². The molecular formula is C29H62ClNO3S. The van der Waals surface area contributed by atoms with E-state index in [1.807, 2.05) is 11.8 Å². The molecule has 2 unspecified atom stereocenters. The summed E-state index contributed by atoms with van der Waals surface area (Å²) in [6.07, 6.45) is 22.9. The third-order valence-corrected chi connectivity index (χ3v) is 7.82. The average molecular weight is 540 g/mol. The van der Waals surface area contributed by atoms with Gasteiger partial charge in [0.15, 0.2) is 6.23 Å². The normalized spacial score (nSPS) is 13.5. The van der Waals surface area contributed by atoms with Gasteiger partial charge in [0.05, 0.1) is 40.5 Å². The number of unbranched alkanes of at least 4 members (excludes halogenated alkanes) is 15. The number of nitrogens with zero attached hydrogens (tertiary/aromatic N) is 1.